The largest absolute Gasteiger partial charge is 0.467 e. The number of hydrogen-bond donors (Lipinski definition) is 2. The molecule has 7 heteroatoms. The number of halogens is 3. The Kier molecular flexibility index (Phi) is 4.29. The van der Waals surface area contributed by atoms with E-state index in [2.05, 4.69) is 10.6 Å². The summed E-state index contributed by atoms with van der Waals surface area (Å²) in [6.45, 7) is 0.402. The topological polar surface area (TPSA) is 37.2 Å². The molecule has 0 fully saturated rings. The number of benzene rings is 1. The molecule has 2 rings (SSSR count). The molecule has 2 aromatic rings. The van der Waals surface area contributed by atoms with Gasteiger partial charge in [-0.2, -0.15) is 13.2 Å². The summed E-state index contributed by atoms with van der Waals surface area (Å²) < 4.78 is 42.3. The smallest absolute Gasteiger partial charge is 0.416 e. The first kappa shape index (κ1) is 14.4. The number of thiocarbonyl (C=S) groups is 1. The normalized spacial score (nSPS) is 11.2. The van der Waals surface area contributed by atoms with Crippen LogP contribution in [-0.2, 0) is 12.7 Å². The molecule has 0 aliphatic carbocycles. The monoisotopic (exact) mass is 300 g/mol. The molecule has 0 bridgehead atoms. The first-order valence-corrected chi connectivity index (χ1v) is 6.10. The molecular weight excluding hydrogens is 289 g/mol. The molecule has 0 radical (unpaired) electrons. The SMILES string of the molecule is FC(F)(F)c1ccc(NC(=S)NCc2ccco2)cc1. The van der Waals surface area contributed by atoms with E-state index in [0.717, 1.165) is 12.1 Å². The van der Waals surface area contributed by atoms with Crippen LogP contribution in [0.15, 0.2) is 47.1 Å². The molecule has 0 amide bonds. The van der Waals surface area contributed by atoms with Crippen LogP contribution < -0.4 is 10.6 Å². The minimum atomic E-state index is -4.34. The molecule has 0 unspecified atom stereocenters. The average molecular weight is 300 g/mol. The van der Waals surface area contributed by atoms with Gasteiger partial charge in [-0.3, -0.25) is 0 Å². The summed E-state index contributed by atoms with van der Waals surface area (Å²) in [5.41, 5.74) is -0.215. The second kappa shape index (κ2) is 5.96. The van der Waals surface area contributed by atoms with E-state index in [1.807, 2.05) is 0 Å². The van der Waals surface area contributed by atoms with Gasteiger partial charge < -0.3 is 15.1 Å². The Morgan fingerprint density at radius 2 is 1.85 bits per heavy atom. The van der Waals surface area contributed by atoms with E-state index in [4.69, 9.17) is 16.6 Å². The van der Waals surface area contributed by atoms with Gasteiger partial charge in [0.05, 0.1) is 18.4 Å². The zero-order valence-electron chi connectivity index (χ0n) is 10.2. The van der Waals surface area contributed by atoms with Gasteiger partial charge in [0.15, 0.2) is 5.11 Å². The van der Waals surface area contributed by atoms with Crippen molar-refractivity contribution in [3.63, 3.8) is 0 Å². The Hall–Kier alpha value is -2.02. The molecule has 106 valence electrons. The maximum absolute atomic E-state index is 12.4. The predicted octanol–water partition coefficient (Wildman–Crippen LogP) is 3.79. The molecule has 0 atom stereocenters. The number of alkyl halides is 3. The number of furan rings is 1. The van der Waals surface area contributed by atoms with Crippen molar-refractivity contribution >= 4 is 23.0 Å². The Morgan fingerprint density at radius 1 is 1.15 bits per heavy atom. The zero-order valence-corrected chi connectivity index (χ0v) is 11.0. The van der Waals surface area contributed by atoms with Gasteiger partial charge in [0.25, 0.3) is 0 Å². The van der Waals surface area contributed by atoms with E-state index >= 15 is 0 Å². The lowest BCUT2D eigenvalue weighted by atomic mass is 10.2. The Balaban J connectivity index is 1.88. The second-order valence-corrected chi connectivity index (χ2v) is 4.37. The zero-order chi connectivity index (χ0) is 14.6. The van der Waals surface area contributed by atoms with Crippen LogP contribution in [-0.4, -0.2) is 5.11 Å². The average Bonchev–Trinajstić information content (AvgIpc) is 2.89. The third-order valence-electron chi connectivity index (χ3n) is 2.47. The van der Waals surface area contributed by atoms with Crippen molar-refractivity contribution in [3.8, 4) is 0 Å². The lowest BCUT2D eigenvalue weighted by molar-refractivity contribution is -0.137. The lowest BCUT2D eigenvalue weighted by Crippen LogP contribution is -2.27. The molecule has 2 N–H and O–H groups in total. The van der Waals surface area contributed by atoms with Crippen LogP contribution in [0.1, 0.15) is 11.3 Å². The summed E-state index contributed by atoms with van der Waals surface area (Å²) in [5.74, 6) is 0.710. The van der Waals surface area contributed by atoms with Gasteiger partial charge in [0.2, 0.25) is 0 Å². The number of rotatable bonds is 3. The van der Waals surface area contributed by atoms with Crippen molar-refractivity contribution in [3.05, 3.63) is 54.0 Å². The fraction of sp³-hybridized carbons (Fsp3) is 0.154. The van der Waals surface area contributed by atoms with Crippen LogP contribution in [0.25, 0.3) is 0 Å². The van der Waals surface area contributed by atoms with Crippen molar-refractivity contribution in [2.45, 2.75) is 12.7 Å². The van der Waals surface area contributed by atoms with Crippen molar-refractivity contribution in [2.24, 2.45) is 0 Å². The van der Waals surface area contributed by atoms with Crippen LogP contribution in [0.3, 0.4) is 0 Å². The number of nitrogens with one attached hydrogen (secondary N) is 2. The minimum absolute atomic E-state index is 0.307. The van der Waals surface area contributed by atoms with Crippen LogP contribution >= 0.6 is 12.2 Å². The van der Waals surface area contributed by atoms with Crippen LogP contribution in [0.4, 0.5) is 18.9 Å². The summed E-state index contributed by atoms with van der Waals surface area (Å²) in [6, 6.07) is 8.18. The standard InChI is InChI=1S/C13H11F3N2OS/c14-13(15,16)9-3-5-10(6-4-9)18-12(20)17-8-11-2-1-7-19-11/h1-7H,8H2,(H2,17,18,20). The maximum atomic E-state index is 12.4. The predicted molar refractivity (Wildman–Crippen MR) is 73.2 cm³/mol. The quantitative estimate of drug-likeness (QED) is 0.846. The molecule has 1 aromatic heterocycles. The molecule has 0 spiro atoms. The highest BCUT2D eigenvalue weighted by Crippen LogP contribution is 2.29. The maximum Gasteiger partial charge on any atom is 0.416 e. The lowest BCUT2D eigenvalue weighted by Gasteiger charge is -2.11. The molecule has 0 saturated heterocycles. The highest BCUT2D eigenvalue weighted by Gasteiger charge is 2.29. The van der Waals surface area contributed by atoms with Crippen molar-refractivity contribution < 1.29 is 17.6 Å². The van der Waals surface area contributed by atoms with Crippen molar-refractivity contribution in [1.82, 2.24) is 5.32 Å². The fourth-order valence-corrected chi connectivity index (χ4v) is 1.69. The third-order valence-corrected chi connectivity index (χ3v) is 2.72. The molecule has 0 saturated carbocycles. The third kappa shape index (κ3) is 3.99. The molecule has 0 aliphatic rings. The summed E-state index contributed by atoms with van der Waals surface area (Å²) in [4.78, 5) is 0. The summed E-state index contributed by atoms with van der Waals surface area (Å²) in [6.07, 6.45) is -2.79. The molecule has 3 nitrogen and oxygen atoms in total. The summed E-state index contributed by atoms with van der Waals surface area (Å²) in [7, 11) is 0. The summed E-state index contributed by atoms with van der Waals surface area (Å²) in [5, 5.41) is 5.98. The van der Waals surface area contributed by atoms with Gasteiger partial charge in [-0.1, -0.05) is 0 Å². The highest BCUT2D eigenvalue weighted by molar-refractivity contribution is 7.80. The van der Waals surface area contributed by atoms with Crippen molar-refractivity contribution in [1.29, 1.82) is 0 Å². The summed E-state index contributed by atoms with van der Waals surface area (Å²) >= 11 is 5.03. The van der Waals surface area contributed by atoms with Gasteiger partial charge in [0, 0.05) is 5.69 Å². The van der Waals surface area contributed by atoms with E-state index in [9.17, 15) is 13.2 Å². The van der Waals surface area contributed by atoms with Gasteiger partial charge in [-0.15, -0.1) is 0 Å². The Bertz CT molecular complexity index is 564. The molecule has 0 aliphatic heterocycles. The van der Waals surface area contributed by atoms with Gasteiger partial charge in [-0.05, 0) is 48.6 Å². The Labute approximate surface area is 118 Å². The van der Waals surface area contributed by atoms with Crippen LogP contribution in [0.5, 0.6) is 0 Å². The first-order chi connectivity index (χ1) is 9.45. The van der Waals surface area contributed by atoms with E-state index in [1.54, 1.807) is 18.4 Å². The molecular formula is C13H11F3N2OS. The van der Waals surface area contributed by atoms with E-state index < -0.39 is 11.7 Å². The van der Waals surface area contributed by atoms with Crippen LogP contribution in [0.2, 0.25) is 0 Å². The van der Waals surface area contributed by atoms with E-state index in [1.165, 1.54) is 12.1 Å². The number of anilines is 1. The Morgan fingerprint density at radius 3 is 2.40 bits per heavy atom. The first-order valence-electron chi connectivity index (χ1n) is 5.69. The van der Waals surface area contributed by atoms with Gasteiger partial charge >= 0.3 is 6.18 Å². The molecule has 1 aromatic carbocycles. The molecule has 20 heavy (non-hydrogen) atoms. The number of hydrogen-bond acceptors (Lipinski definition) is 2. The highest BCUT2D eigenvalue weighted by atomic mass is 32.1. The van der Waals surface area contributed by atoms with E-state index in [-0.39, 0.29) is 0 Å². The van der Waals surface area contributed by atoms with E-state index in [0.29, 0.717) is 23.1 Å². The fourth-order valence-electron chi connectivity index (χ4n) is 1.50. The minimum Gasteiger partial charge on any atom is -0.467 e. The van der Waals surface area contributed by atoms with Gasteiger partial charge in [0.1, 0.15) is 5.76 Å². The van der Waals surface area contributed by atoms with Crippen LogP contribution in [0, 0.1) is 0 Å². The van der Waals surface area contributed by atoms with Gasteiger partial charge in [-0.25, -0.2) is 0 Å². The second-order valence-electron chi connectivity index (χ2n) is 3.96. The molecule has 1 heterocycles. The van der Waals surface area contributed by atoms with Crippen molar-refractivity contribution in [2.75, 3.05) is 5.32 Å².